The van der Waals surface area contributed by atoms with E-state index in [9.17, 15) is 0 Å². The van der Waals surface area contributed by atoms with Gasteiger partial charge in [0, 0.05) is 12.5 Å². The number of furan rings is 1. The third-order valence-corrected chi connectivity index (χ3v) is 4.85. The largest absolute Gasteiger partial charge is 0.459 e. The summed E-state index contributed by atoms with van der Waals surface area (Å²) in [5.41, 5.74) is 7.13. The van der Waals surface area contributed by atoms with E-state index in [4.69, 9.17) is 14.9 Å². The fourth-order valence-corrected chi connectivity index (χ4v) is 3.31. The van der Waals surface area contributed by atoms with Crippen LogP contribution in [0.25, 0.3) is 11.0 Å². The molecule has 3 nitrogen and oxygen atoms in total. The lowest BCUT2D eigenvalue weighted by atomic mass is 9.75. The smallest absolute Gasteiger partial charge is 0.134 e. The number of hydrogen-bond donors (Lipinski definition) is 1. The molecule has 1 saturated carbocycles. The molecule has 1 aliphatic rings. The first-order valence-electron chi connectivity index (χ1n) is 7.44. The molecule has 2 N–H and O–H groups in total. The zero-order valence-corrected chi connectivity index (χ0v) is 12.3. The van der Waals surface area contributed by atoms with Crippen molar-refractivity contribution in [2.45, 2.75) is 44.2 Å². The van der Waals surface area contributed by atoms with Gasteiger partial charge < -0.3 is 14.9 Å². The van der Waals surface area contributed by atoms with Crippen molar-refractivity contribution < 1.29 is 9.15 Å². The number of hydrogen-bond acceptors (Lipinski definition) is 3. The first kappa shape index (κ1) is 13.7. The van der Waals surface area contributed by atoms with Crippen molar-refractivity contribution in [1.29, 1.82) is 0 Å². The van der Waals surface area contributed by atoms with Crippen LogP contribution in [0.3, 0.4) is 0 Å². The summed E-state index contributed by atoms with van der Waals surface area (Å²) in [5, 5.41) is 1.10. The zero-order chi connectivity index (χ0) is 14.2. The first-order chi connectivity index (χ1) is 9.64. The molecule has 2 aromatic rings. The fraction of sp³-hybridized carbons (Fsp3) is 0.529. The van der Waals surface area contributed by atoms with E-state index < -0.39 is 0 Å². The third kappa shape index (κ3) is 2.25. The number of rotatable bonds is 3. The summed E-state index contributed by atoms with van der Waals surface area (Å²) < 4.78 is 11.8. The molecule has 1 unspecified atom stereocenters. The van der Waals surface area contributed by atoms with Crippen LogP contribution in [0, 0.1) is 5.92 Å². The molecule has 0 bridgehead atoms. The van der Waals surface area contributed by atoms with Crippen molar-refractivity contribution in [2.24, 2.45) is 11.7 Å². The third-order valence-electron chi connectivity index (χ3n) is 4.85. The maximum atomic E-state index is 6.51. The van der Waals surface area contributed by atoms with E-state index in [1.165, 1.54) is 12.8 Å². The van der Waals surface area contributed by atoms with Crippen LogP contribution in [0.1, 0.15) is 44.4 Å². The Kier molecular flexibility index (Phi) is 3.57. The highest BCUT2D eigenvalue weighted by Gasteiger charge is 2.41. The monoisotopic (exact) mass is 273 g/mol. The van der Waals surface area contributed by atoms with Crippen LogP contribution < -0.4 is 5.73 Å². The van der Waals surface area contributed by atoms with Crippen LogP contribution in [0.4, 0.5) is 0 Å². The van der Waals surface area contributed by atoms with E-state index in [-0.39, 0.29) is 11.6 Å². The molecular formula is C17H23NO2. The van der Waals surface area contributed by atoms with Crippen LogP contribution in [0.2, 0.25) is 0 Å². The van der Waals surface area contributed by atoms with Gasteiger partial charge in [-0.15, -0.1) is 0 Å². The highest BCUT2D eigenvalue weighted by molar-refractivity contribution is 5.77. The summed E-state index contributed by atoms with van der Waals surface area (Å²) in [6, 6.07) is 9.88. The summed E-state index contributed by atoms with van der Waals surface area (Å²) in [5.74, 6) is 1.60. The second-order valence-corrected chi connectivity index (χ2v) is 6.12. The molecule has 0 radical (unpaired) electrons. The lowest BCUT2D eigenvalue weighted by Crippen LogP contribution is -2.45. The number of nitrogens with two attached hydrogens (primary N) is 1. The van der Waals surface area contributed by atoms with Crippen molar-refractivity contribution in [1.82, 2.24) is 0 Å². The minimum Gasteiger partial charge on any atom is -0.459 e. The van der Waals surface area contributed by atoms with Gasteiger partial charge in [0.05, 0.1) is 11.6 Å². The number of benzene rings is 1. The molecule has 0 amide bonds. The predicted molar refractivity (Wildman–Crippen MR) is 80.5 cm³/mol. The summed E-state index contributed by atoms with van der Waals surface area (Å²) >= 11 is 0. The number of methoxy groups -OCH3 is 1. The Bertz CT molecular complexity index is 548. The Hall–Kier alpha value is -1.32. The molecular weight excluding hydrogens is 250 g/mol. The van der Waals surface area contributed by atoms with Crippen molar-refractivity contribution in [3.05, 3.63) is 36.1 Å². The first-order valence-corrected chi connectivity index (χ1v) is 7.44. The van der Waals surface area contributed by atoms with E-state index in [0.29, 0.717) is 0 Å². The maximum absolute atomic E-state index is 6.51. The summed E-state index contributed by atoms with van der Waals surface area (Å²) in [4.78, 5) is 0. The molecule has 1 fully saturated rings. The summed E-state index contributed by atoms with van der Waals surface area (Å²) in [6.07, 6.45) is 4.34. The van der Waals surface area contributed by atoms with Gasteiger partial charge in [0.2, 0.25) is 0 Å². The molecule has 0 saturated heterocycles. The van der Waals surface area contributed by atoms with E-state index in [2.05, 4.69) is 19.1 Å². The quantitative estimate of drug-likeness (QED) is 0.918. The van der Waals surface area contributed by atoms with E-state index in [1.54, 1.807) is 7.11 Å². The molecule has 1 atom stereocenters. The molecule has 3 rings (SSSR count). The minimum absolute atomic E-state index is 0.201. The molecule has 108 valence electrons. The standard InChI is InChI=1S/C17H23NO2/c1-12-7-9-17(19-2,10-8-12)16(18)15-11-13-5-3-4-6-14(13)20-15/h3-6,11-12,16H,7-10,18H2,1-2H3. The lowest BCUT2D eigenvalue weighted by Gasteiger charge is -2.41. The molecule has 20 heavy (non-hydrogen) atoms. The van der Waals surface area contributed by atoms with Gasteiger partial charge >= 0.3 is 0 Å². The lowest BCUT2D eigenvalue weighted by molar-refractivity contribution is -0.0709. The number of para-hydroxylation sites is 1. The number of ether oxygens (including phenoxy) is 1. The van der Waals surface area contributed by atoms with Crippen LogP contribution >= 0.6 is 0 Å². The number of fused-ring (bicyclic) bond motifs is 1. The normalized spacial score (nSPS) is 28.6. The molecule has 3 heteroatoms. The van der Waals surface area contributed by atoms with Crippen LogP contribution in [-0.4, -0.2) is 12.7 Å². The maximum Gasteiger partial charge on any atom is 0.134 e. The average Bonchev–Trinajstić information content (AvgIpc) is 2.91. The van der Waals surface area contributed by atoms with Gasteiger partial charge in [-0.3, -0.25) is 0 Å². The average molecular weight is 273 g/mol. The topological polar surface area (TPSA) is 48.4 Å². The second kappa shape index (κ2) is 5.23. The zero-order valence-electron chi connectivity index (χ0n) is 12.3. The summed E-state index contributed by atoms with van der Waals surface area (Å²) in [6.45, 7) is 2.30. The van der Waals surface area contributed by atoms with Gasteiger partial charge in [0.15, 0.2) is 0 Å². The van der Waals surface area contributed by atoms with Gasteiger partial charge in [0.1, 0.15) is 11.3 Å². The Morgan fingerprint density at radius 1 is 1.30 bits per heavy atom. The predicted octanol–water partition coefficient (Wildman–Crippen LogP) is 4.03. The van der Waals surface area contributed by atoms with Gasteiger partial charge in [-0.1, -0.05) is 25.1 Å². The van der Waals surface area contributed by atoms with Crippen molar-refractivity contribution in [3.63, 3.8) is 0 Å². The van der Waals surface area contributed by atoms with Crippen LogP contribution in [-0.2, 0) is 4.74 Å². The molecule has 0 spiro atoms. The Morgan fingerprint density at radius 2 is 2.00 bits per heavy atom. The van der Waals surface area contributed by atoms with E-state index in [0.717, 1.165) is 35.5 Å². The highest BCUT2D eigenvalue weighted by Crippen LogP contribution is 2.42. The molecule has 1 aromatic carbocycles. The SMILES string of the molecule is COC1(C(N)c2cc3ccccc3o2)CCC(C)CC1. The minimum atomic E-state index is -0.277. The second-order valence-electron chi connectivity index (χ2n) is 6.12. The van der Waals surface area contributed by atoms with Gasteiger partial charge in [0.25, 0.3) is 0 Å². The Labute approximate surface area is 120 Å². The van der Waals surface area contributed by atoms with Gasteiger partial charge in [-0.25, -0.2) is 0 Å². The van der Waals surface area contributed by atoms with Crippen molar-refractivity contribution >= 4 is 11.0 Å². The van der Waals surface area contributed by atoms with Gasteiger partial charge in [-0.2, -0.15) is 0 Å². The molecule has 1 aliphatic carbocycles. The van der Waals surface area contributed by atoms with Gasteiger partial charge in [-0.05, 0) is 43.7 Å². The van der Waals surface area contributed by atoms with E-state index >= 15 is 0 Å². The van der Waals surface area contributed by atoms with Crippen LogP contribution in [0.5, 0.6) is 0 Å². The molecule has 0 aliphatic heterocycles. The Balaban J connectivity index is 1.91. The molecule has 1 heterocycles. The van der Waals surface area contributed by atoms with Crippen LogP contribution in [0.15, 0.2) is 34.7 Å². The van der Waals surface area contributed by atoms with E-state index in [1.807, 2.05) is 18.2 Å². The molecule has 1 aromatic heterocycles. The van der Waals surface area contributed by atoms with Crippen molar-refractivity contribution in [2.75, 3.05) is 7.11 Å². The Morgan fingerprint density at radius 3 is 2.65 bits per heavy atom. The summed E-state index contributed by atoms with van der Waals surface area (Å²) in [7, 11) is 1.78. The highest BCUT2D eigenvalue weighted by atomic mass is 16.5. The van der Waals surface area contributed by atoms with Crippen molar-refractivity contribution in [3.8, 4) is 0 Å². The fourth-order valence-electron chi connectivity index (χ4n) is 3.31.